The van der Waals surface area contributed by atoms with E-state index in [1.807, 2.05) is 11.9 Å². The van der Waals surface area contributed by atoms with Crippen molar-refractivity contribution in [3.05, 3.63) is 0 Å². The normalized spacial score (nSPS) is 17.7. The second-order valence-electron chi connectivity index (χ2n) is 4.44. The van der Waals surface area contributed by atoms with E-state index >= 15 is 0 Å². The summed E-state index contributed by atoms with van der Waals surface area (Å²) in [6.07, 6.45) is 8.83. The summed E-state index contributed by atoms with van der Waals surface area (Å²) in [4.78, 5) is 13.8. The smallest absolute Gasteiger partial charge is 0.222 e. The third-order valence-corrected chi connectivity index (χ3v) is 3.56. The van der Waals surface area contributed by atoms with Gasteiger partial charge in [0.15, 0.2) is 0 Å². The molecule has 1 saturated carbocycles. The van der Waals surface area contributed by atoms with Gasteiger partial charge in [0.1, 0.15) is 0 Å². The zero-order chi connectivity index (χ0) is 11.1. The molecule has 0 unspecified atom stereocenters. The fraction of sp³-hybridized carbons (Fsp3) is 0.917. The lowest BCUT2D eigenvalue weighted by Gasteiger charge is -2.31. The van der Waals surface area contributed by atoms with E-state index in [0.29, 0.717) is 24.2 Å². The molecule has 0 spiro atoms. The molecule has 0 aliphatic heterocycles. The minimum absolute atomic E-state index is 0.298. The zero-order valence-electron chi connectivity index (χ0n) is 9.67. The number of unbranched alkanes of at least 4 members (excludes halogenated alkanes) is 1. The second-order valence-corrected chi connectivity index (χ2v) is 4.82. The molecule has 1 aliphatic carbocycles. The van der Waals surface area contributed by atoms with Gasteiger partial charge in [-0.05, 0) is 25.7 Å². The molecule has 0 N–H and O–H groups in total. The van der Waals surface area contributed by atoms with Crippen LogP contribution in [0.1, 0.15) is 51.4 Å². The largest absolute Gasteiger partial charge is 0.343 e. The van der Waals surface area contributed by atoms with Gasteiger partial charge >= 0.3 is 0 Å². The average Bonchev–Trinajstić information content (AvgIpc) is 2.29. The van der Waals surface area contributed by atoms with Crippen molar-refractivity contribution in [2.24, 2.45) is 0 Å². The van der Waals surface area contributed by atoms with E-state index < -0.39 is 0 Å². The molecule has 0 atom stereocenters. The maximum Gasteiger partial charge on any atom is 0.222 e. The van der Waals surface area contributed by atoms with Crippen molar-refractivity contribution in [2.75, 3.05) is 12.9 Å². The SMILES string of the molecule is CN(C(=O)CCCCCl)C1CCCCC1. The Labute approximate surface area is 98.0 Å². The van der Waals surface area contributed by atoms with Gasteiger partial charge in [0.2, 0.25) is 5.91 Å². The van der Waals surface area contributed by atoms with Crippen LogP contribution in [0.15, 0.2) is 0 Å². The Balaban J connectivity index is 2.24. The van der Waals surface area contributed by atoms with Crippen molar-refractivity contribution in [3.8, 4) is 0 Å². The van der Waals surface area contributed by atoms with Crippen molar-refractivity contribution in [1.82, 2.24) is 4.90 Å². The minimum atomic E-state index is 0.298. The summed E-state index contributed by atoms with van der Waals surface area (Å²) < 4.78 is 0. The molecule has 1 aliphatic rings. The van der Waals surface area contributed by atoms with Crippen LogP contribution in [0.25, 0.3) is 0 Å². The number of hydrogen-bond acceptors (Lipinski definition) is 1. The number of carbonyl (C=O) groups is 1. The fourth-order valence-electron chi connectivity index (χ4n) is 2.22. The molecule has 1 amide bonds. The Morgan fingerprint density at radius 2 is 1.93 bits per heavy atom. The van der Waals surface area contributed by atoms with E-state index in [1.54, 1.807) is 0 Å². The number of carbonyl (C=O) groups excluding carboxylic acids is 1. The van der Waals surface area contributed by atoms with E-state index in [2.05, 4.69) is 0 Å². The highest BCUT2D eigenvalue weighted by Crippen LogP contribution is 2.22. The van der Waals surface area contributed by atoms with E-state index in [9.17, 15) is 4.79 Å². The number of alkyl halides is 1. The van der Waals surface area contributed by atoms with E-state index in [4.69, 9.17) is 11.6 Å². The van der Waals surface area contributed by atoms with Crippen LogP contribution in [-0.2, 0) is 4.79 Å². The number of halogens is 1. The summed E-state index contributed by atoms with van der Waals surface area (Å²) in [7, 11) is 1.96. The predicted octanol–water partition coefficient (Wildman–Crippen LogP) is 3.19. The molecule has 0 aromatic heterocycles. The molecule has 2 nitrogen and oxygen atoms in total. The van der Waals surface area contributed by atoms with Crippen LogP contribution < -0.4 is 0 Å². The summed E-state index contributed by atoms with van der Waals surface area (Å²) in [6.45, 7) is 0. The number of rotatable bonds is 5. The first-order valence-electron chi connectivity index (χ1n) is 6.07. The van der Waals surface area contributed by atoms with E-state index in [-0.39, 0.29) is 0 Å². The van der Waals surface area contributed by atoms with Crippen LogP contribution in [0.2, 0.25) is 0 Å². The molecule has 1 fully saturated rings. The van der Waals surface area contributed by atoms with Gasteiger partial charge < -0.3 is 4.90 Å². The first kappa shape index (κ1) is 12.8. The number of nitrogens with zero attached hydrogens (tertiary/aromatic N) is 1. The molecule has 0 bridgehead atoms. The van der Waals surface area contributed by atoms with Crippen molar-refractivity contribution in [3.63, 3.8) is 0 Å². The van der Waals surface area contributed by atoms with Crippen molar-refractivity contribution in [1.29, 1.82) is 0 Å². The van der Waals surface area contributed by atoms with Gasteiger partial charge in [-0.3, -0.25) is 4.79 Å². The fourth-order valence-corrected chi connectivity index (χ4v) is 2.41. The first-order chi connectivity index (χ1) is 7.25. The summed E-state index contributed by atoms with van der Waals surface area (Å²) >= 11 is 5.59. The number of hydrogen-bond donors (Lipinski definition) is 0. The molecule has 1 rings (SSSR count). The quantitative estimate of drug-likeness (QED) is 0.526. The lowest BCUT2D eigenvalue weighted by molar-refractivity contribution is -0.132. The summed E-state index contributed by atoms with van der Waals surface area (Å²) in [5.74, 6) is 0.965. The first-order valence-corrected chi connectivity index (χ1v) is 6.60. The molecule has 0 saturated heterocycles. The Morgan fingerprint density at radius 1 is 1.27 bits per heavy atom. The molecule has 0 aromatic rings. The van der Waals surface area contributed by atoms with Gasteiger partial charge in [0, 0.05) is 25.4 Å². The molecule has 15 heavy (non-hydrogen) atoms. The van der Waals surface area contributed by atoms with Gasteiger partial charge in [-0.1, -0.05) is 19.3 Å². The Morgan fingerprint density at radius 3 is 2.53 bits per heavy atom. The summed E-state index contributed by atoms with van der Waals surface area (Å²) in [5, 5.41) is 0. The Bertz CT molecular complexity index is 190. The average molecular weight is 232 g/mol. The van der Waals surface area contributed by atoms with Crippen LogP contribution in [0.3, 0.4) is 0 Å². The van der Waals surface area contributed by atoms with Crippen LogP contribution in [0, 0.1) is 0 Å². The van der Waals surface area contributed by atoms with Gasteiger partial charge in [0.25, 0.3) is 0 Å². The lowest BCUT2D eigenvalue weighted by atomic mass is 9.94. The number of amides is 1. The molecule has 88 valence electrons. The second kappa shape index (κ2) is 7.10. The monoisotopic (exact) mass is 231 g/mol. The highest BCUT2D eigenvalue weighted by molar-refractivity contribution is 6.17. The van der Waals surface area contributed by atoms with E-state index in [1.165, 1.54) is 32.1 Å². The lowest BCUT2D eigenvalue weighted by Crippen LogP contribution is -2.38. The maximum atomic E-state index is 11.8. The molecule has 0 aromatic carbocycles. The standard InChI is InChI=1S/C12H22ClNO/c1-14(11-7-3-2-4-8-11)12(15)9-5-6-10-13/h11H,2-10H2,1H3. The third kappa shape index (κ3) is 4.42. The summed E-state index contributed by atoms with van der Waals surface area (Å²) in [5.41, 5.74) is 0. The van der Waals surface area contributed by atoms with E-state index in [0.717, 1.165) is 12.8 Å². The van der Waals surface area contributed by atoms with Crippen LogP contribution in [0.5, 0.6) is 0 Å². The predicted molar refractivity (Wildman–Crippen MR) is 64.2 cm³/mol. The molecule has 3 heteroatoms. The topological polar surface area (TPSA) is 20.3 Å². The van der Waals surface area contributed by atoms with Crippen LogP contribution in [0.4, 0.5) is 0 Å². The Hall–Kier alpha value is -0.240. The van der Waals surface area contributed by atoms with Gasteiger partial charge in [-0.25, -0.2) is 0 Å². The van der Waals surface area contributed by atoms with Gasteiger partial charge in [-0.15, -0.1) is 11.6 Å². The van der Waals surface area contributed by atoms with Crippen LogP contribution >= 0.6 is 11.6 Å². The molecule has 0 heterocycles. The van der Waals surface area contributed by atoms with Crippen molar-refractivity contribution >= 4 is 17.5 Å². The van der Waals surface area contributed by atoms with Crippen LogP contribution in [-0.4, -0.2) is 29.8 Å². The Kier molecular flexibility index (Phi) is 6.07. The molecular weight excluding hydrogens is 210 g/mol. The zero-order valence-corrected chi connectivity index (χ0v) is 10.4. The highest BCUT2D eigenvalue weighted by Gasteiger charge is 2.21. The van der Waals surface area contributed by atoms with Crippen molar-refractivity contribution < 1.29 is 4.79 Å². The highest BCUT2D eigenvalue weighted by atomic mass is 35.5. The minimum Gasteiger partial charge on any atom is -0.343 e. The molecule has 0 radical (unpaired) electrons. The van der Waals surface area contributed by atoms with Gasteiger partial charge in [0.05, 0.1) is 0 Å². The summed E-state index contributed by atoms with van der Waals surface area (Å²) in [6, 6.07) is 0.502. The molecular formula is C12H22ClNO. The van der Waals surface area contributed by atoms with Gasteiger partial charge in [-0.2, -0.15) is 0 Å². The third-order valence-electron chi connectivity index (χ3n) is 3.29. The van der Waals surface area contributed by atoms with Crippen molar-refractivity contribution in [2.45, 2.75) is 57.4 Å². The maximum absolute atomic E-state index is 11.8.